The van der Waals surface area contributed by atoms with Gasteiger partial charge in [-0.2, -0.15) is 0 Å². The molecule has 2 heterocycles. The van der Waals surface area contributed by atoms with Crippen LogP contribution in [0.1, 0.15) is 12.0 Å². The zero-order valence-electron chi connectivity index (χ0n) is 16.9. The number of ether oxygens (including phenoxy) is 3. The summed E-state index contributed by atoms with van der Waals surface area (Å²) in [5.41, 5.74) is 1.89. The second-order valence-corrected chi connectivity index (χ2v) is 6.86. The highest BCUT2D eigenvalue weighted by molar-refractivity contribution is 14.0. The Morgan fingerprint density at radius 2 is 2.07 bits per heavy atom. The number of nitrogens with one attached hydrogen (secondary N) is 2. The molecule has 8 nitrogen and oxygen atoms in total. The first kappa shape index (κ1) is 22.0. The number of hydrogen-bond acceptors (Lipinski definition) is 5. The number of nitrogens with zero attached hydrogens (tertiary/aromatic N) is 2. The van der Waals surface area contributed by atoms with Crippen LogP contribution in [0.15, 0.2) is 47.5 Å². The van der Waals surface area contributed by atoms with Gasteiger partial charge in [-0.3, -0.25) is 9.79 Å². The molecule has 2 aliphatic heterocycles. The standard InChI is InChI=1S/C21H24N4O4.HI/c1-22-21(23-11-14-6-7-18-19(8-14)29-13-28-18)24-15-9-20(26)25(12-15)16-4-3-5-17(10-16)27-2;/h3-8,10,15H,9,11-13H2,1-2H3,(H2,22,23,24);1H. The van der Waals surface area contributed by atoms with Crippen LogP contribution in [-0.4, -0.2) is 45.4 Å². The molecule has 0 bridgehead atoms. The summed E-state index contributed by atoms with van der Waals surface area (Å²) in [5.74, 6) is 2.96. The molecule has 1 unspecified atom stereocenters. The first-order valence-electron chi connectivity index (χ1n) is 9.46. The monoisotopic (exact) mass is 524 g/mol. The van der Waals surface area contributed by atoms with Crippen molar-refractivity contribution in [1.82, 2.24) is 10.6 Å². The molecular weight excluding hydrogens is 499 g/mol. The number of halogens is 1. The minimum atomic E-state index is -0.0309. The summed E-state index contributed by atoms with van der Waals surface area (Å²) in [6.07, 6.45) is 0.405. The smallest absolute Gasteiger partial charge is 0.231 e. The molecule has 9 heteroatoms. The van der Waals surface area contributed by atoms with E-state index in [0.717, 1.165) is 28.5 Å². The minimum absolute atomic E-state index is 0. The zero-order chi connectivity index (χ0) is 20.2. The summed E-state index contributed by atoms with van der Waals surface area (Å²) in [5, 5.41) is 6.62. The van der Waals surface area contributed by atoms with Crippen molar-refractivity contribution in [2.45, 2.75) is 19.0 Å². The molecule has 1 saturated heterocycles. The van der Waals surface area contributed by atoms with Gasteiger partial charge in [0.25, 0.3) is 0 Å². The zero-order valence-corrected chi connectivity index (χ0v) is 19.2. The van der Waals surface area contributed by atoms with E-state index in [1.54, 1.807) is 19.1 Å². The molecule has 2 aromatic carbocycles. The molecule has 0 radical (unpaired) electrons. The van der Waals surface area contributed by atoms with Gasteiger partial charge >= 0.3 is 0 Å². The predicted molar refractivity (Wildman–Crippen MR) is 125 cm³/mol. The Morgan fingerprint density at radius 3 is 2.87 bits per heavy atom. The highest BCUT2D eigenvalue weighted by Gasteiger charge is 2.31. The average molecular weight is 524 g/mol. The van der Waals surface area contributed by atoms with Crippen LogP contribution in [0.2, 0.25) is 0 Å². The Morgan fingerprint density at radius 1 is 1.23 bits per heavy atom. The van der Waals surface area contributed by atoms with Crippen LogP contribution in [0.25, 0.3) is 0 Å². The highest BCUT2D eigenvalue weighted by Crippen LogP contribution is 2.32. The normalized spacial score (nSPS) is 17.5. The minimum Gasteiger partial charge on any atom is -0.497 e. The molecule has 4 rings (SSSR count). The van der Waals surface area contributed by atoms with Crippen LogP contribution in [-0.2, 0) is 11.3 Å². The molecule has 0 saturated carbocycles. The molecule has 2 aromatic rings. The van der Waals surface area contributed by atoms with Gasteiger partial charge in [-0.05, 0) is 29.8 Å². The van der Waals surface area contributed by atoms with E-state index in [1.807, 2.05) is 42.5 Å². The van der Waals surface area contributed by atoms with E-state index in [-0.39, 0.29) is 42.7 Å². The summed E-state index contributed by atoms with van der Waals surface area (Å²) in [4.78, 5) is 18.5. The van der Waals surface area contributed by atoms with E-state index in [9.17, 15) is 4.79 Å². The third-order valence-electron chi connectivity index (χ3n) is 4.95. The number of aliphatic imine (C=N–C) groups is 1. The first-order chi connectivity index (χ1) is 14.2. The van der Waals surface area contributed by atoms with Gasteiger partial charge in [-0.1, -0.05) is 12.1 Å². The molecule has 1 amide bonds. The summed E-state index contributed by atoms with van der Waals surface area (Å²) >= 11 is 0. The first-order valence-corrected chi connectivity index (χ1v) is 9.46. The largest absolute Gasteiger partial charge is 0.497 e. The lowest BCUT2D eigenvalue weighted by atomic mass is 10.2. The predicted octanol–water partition coefficient (Wildman–Crippen LogP) is 2.51. The molecular formula is C21H25IN4O4. The molecule has 0 aliphatic carbocycles. The summed E-state index contributed by atoms with van der Waals surface area (Å²) < 4.78 is 16.0. The van der Waals surface area contributed by atoms with E-state index in [1.165, 1.54) is 0 Å². The molecule has 1 fully saturated rings. The fourth-order valence-corrected chi connectivity index (χ4v) is 3.46. The number of guanidine groups is 1. The Bertz CT molecular complexity index is 937. The van der Waals surface area contributed by atoms with Crippen LogP contribution in [0.3, 0.4) is 0 Å². The Kier molecular flexibility index (Phi) is 7.24. The van der Waals surface area contributed by atoms with E-state index >= 15 is 0 Å². The number of carbonyl (C=O) groups is 1. The van der Waals surface area contributed by atoms with E-state index in [0.29, 0.717) is 25.5 Å². The molecule has 2 aliphatic rings. The van der Waals surface area contributed by atoms with Gasteiger partial charge in [0.1, 0.15) is 5.75 Å². The topological polar surface area (TPSA) is 84.4 Å². The molecule has 30 heavy (non-hydrogen) atoms. The van der Waals surface area contributed by atoms with Gasteiger partial charge in [-0.15, -0.1) is 24.0 Å². The van der Waals surface area contributed by atoms with Crippen LogP contribution >= 0.6 is 24.0 Å². The maximum absolute atomic E-state index is 12.5. The highest BCUT2D eigenvalue weighted by atomic mass is 127. The molecule has 0 aromatic heterocycles. The van der Waals surface area contributed by atoms with Gasteiger partial charge in [0.05, 0.1) is 13.2 Å². The van der Waals surface area contributed by atoms with Crippen molar-refractivity contribution >= 4 is 41.5 Å². The van der Waals surface area contributed by atoms with E-state index in [2.05, 4.69) is 15.6 Å². The lowest BCUT2D eigenvalue weighted by Crippen LogP contribution is -2.44. The van der Waals surface area contributed by atoms with Crippen LogP contribution in [0.5, 0.6) is 17.2 Å². The van der Waals surface area contributed by atoms with Crippen molar-refractivity contribution in [3.05, 3.63) is 48.0 Å². The van der Waals surface area contributed by atoms with Gasteiger partial charge in [0.2, 0.25) is 12.7 Å². The molecule has 1 atom stereocenters. The third-order valence-corrected chi connectivity index (χ3v) is 4.95. The maximum atomic E-state index is 12.5. The molecule has 0 spiro atoms. The number of methoxy groups -OCH3 is 1. The lowest BCUT2D eigenvalue weighted by molar-refractivity contribution is -0.117. The SMILES string of the molecule is CN=C(NCc1ccc2c(c1)OCO2)NC1CC(=O)N(c2cccc(OC)c2)C1.I. The lowest BCUT2D eigenvalue weighted by Gasteiger charge is -2.19. The Labute approximate surface area is 192 Å². The number of benzene rings is 2. The second kappa shape index (κ2) is 9.88. The number of carbonyl (C=O) groups excluding carboxylic acids is 1. The quantitative estimate of drug-likeness (QED) is 0.356. The summed E-state index contributed by atoms with van der Waals surface area (Å²) in [7, 11) is 3.33. The van der Waals surface area contributed by atoms with Gasteiger partial charge in [-0.25, -0.2) is 0 Å². The van der Waals surface area contributed by atoms with E-state index < -0.39 is 0 Å². The summed E-state index contributed by atoms with van der Waals surface area (Å²) in [6, 6.07) is 13.3. The van der Waals surface area contributed by atoms with Crippen molar-refractivity contribution in [3.8, 4) is 17.2 Å². The maximum Gasteiger partial charge on any atom is 0.231 e. The van der Waals surface area contributed by atoms with Crippen molar-refractivity contribution < 1.29 is 19.0 Å². The van der Waals surface area contributed by atoms with Gasteiger partial charge in [0.15, 0.2) is 17.5 Å². The fourth-order valence-electron chi connectivity index (χ4n) is 3.46. The number of amides is 1. The van der Waals surface area contributed by atoms with Gasteiger partial charge < -0.3 is 29.7 Å². The van der Waals surface area contributed by atoms with Crippen LogP contribution < -0.4 is 29.7 Å². The Hall–Kier alpha value is -2.69. The van der Waals surface area contributed by atoms with Crippen molar-refractivity contribution in [3.63, 3.8) is 0 Å². The number of rotatable bonds is 5. The molecule has 160 valence electrons. The van der Waals surface area contributed by atoms with Crippen molar-refractivity contribution in [2.75, 3.05) is 32.4 Å². The van der Waals surface area contributed by atoms with E-state index in [4.69, 9.17) is 14.2 Å². The van der Waals surface area contributed by atoms with Crippen LogP contribution in [0.4, 0.5) is 5.69 Å². The number of anilines is 1. The molecule has 2 N–H and O–H groups in total. The summed E-state index contributed by atoms with van der Waals surface area (Å²) in [6.45, 7) is 1.40. The average Bonchev–Trinajstić information content (AvgIpc) is 3.36. The number of fused-ring (bicyclic) bond motifs is 1. The fraction of sp³-hybridized carbons (Fsp3) is 0.333. The third kappa shape index (κ3) is 4.89. The van der Waals surface area contributed by atoms with Crippen molar-refractivity contribution in [1.29, 1.82) is 0 Å². The van der Waals surface area contributed by atoms with Crippen LogP contribution in [0, 0.1) is 0 Å². The Balaban J connectivity index is 0.00000256. The van der Waals surface area contributed by atoms with Gasteiger partial charge in [0, 0.05) is 38.3 Å². The number of hydrogen-bond donors (Lipinski definition) is 2. The second-order valence-electron chi connectivity index (χ2n) is 6.86. The van der Waals surface area contributed by atoms with Crippen molar-refractivity contribution in [2.24, 2.45) is 4.99 Å².